The first-order chi connectivity index (χ1) is 14.5. The SMILES string of the molecule is CN=C(NCc1ccc(COC(C)C)cc1)NCc1coc(-c2ccc(C)cc2)n1. The van der Waals surface area contributed by atoms with Crippen molar-refractivity contribution < 1.29 is 9.15 Å². The van der Waals surface area contributed by atoms with Gasteiger partial charge in [0.15, 0.2) is 5.96 Å². The first-order valence-corrected chi connectivity index (χ1v) is 10.2. The summed E-state index contributed by atoms with van der Waals surface area (Å²) in [5.74, 6) is 1.33. The topological polar surface area (TPSA) is 71.7 Å². The van der Waals surface area contributed by atoms with E-state index < -0.39 is 0 Å². The number of nitrogens with one attached hydrogen (secondary N) is 2. The zero-order valence-electron chi connectivity index (χ0n) is 18.1. The van der Waals surface area contributed by atoms with Crippen LogP contribution in [0.2, 0.25) is 0 Å². The average molecular weight is 407 g/mol. The number of aliphatic imine (C=N–C) groups is 1. The number of aromatic nitrogens is 1. The number of benzene rings is 2. The summed E-state index contributed by atoms with van der Waals surface area (Å²) >= 11 is 0. The molecule has 0 amide bonds. The van der Waals surface area contributed by atoms with Crippen molar-refractivity contribution in [3.05, 3.63) is 77.2 Å². The van der Waals surface area contributed by atoms with Gasteiger partial charge in [0.05, 0.1) is 24.9 Å². The van der Waals surface area contributed by atoms with E-state index in [0.29, 0.717) is 31.5 Å². The highest BCUT2D eigenvalue weighted by Crippen LogP contribution is 2.19. The van der Waals surface area contributed by atoms with Gasteiger partial charge < -0.3 is 19.8 Å². The van der Waals surface area contributed by atoms with Crippen molar-refractivity contribution in [3.8, 4) is 11.5 Å². The summed E-state index contributed by atoms with van der Waals surface area (Å²) in [5, 5.41) is 6.59. The average Bonchev–Trinajstić information content (AvgIpc) is 3.22. The summed E-state index contributed by atoms with van der Waals surface area (Å²) in [7, 11) is 1.75. The first-order valence-electron chi connectivity index (χ1n) is 10.2. The van der Waals surface area contributed by atoms with Crippen molar-refractivity contribution in [1.82, 2.24) is 15.6 Å². The first kappa shape index (κ1) is 21.6. The van der Waals surface area contributed by atoms with Crippen LogP contribution in [-0.4, -0.2) is 24.1 Å². The Labute approximate surface area is 178 Å². The lowest BCUT2D eigenvalue weighted by Gasteiger charge is -2.12. The van der Waals surface area contributed by atoms with Gasteiger partial charge in [0, 0.05) is 19.2 Å². The Balaban J connectivity index is 1.47. The molecule has 0 radical (unpaired) electrons. The fraction of sp³-hybridized carbons (Fsp3) is 0.333. The molecule has 1 heterocycles. The summed E-state index contributed by atoms with van der Waals surface area (Å²) in [6.07, 6.45) is 1.91. The molecular weight excluding hydrogens is 376 g/mol. The summed E-state index contributed by atoms with van der Waals surface area (Å²) in [6.45, 7) is 7.98. The maximum absolute atomic E-state index is 5.63. The Hall–Kier alpha value is -3.12. The number of aryl methyl sites for hydroxylation is 1. The minimum Gasteiger partial charge on any atom is -0.444 e. The lowest BCUT2D eigenvalue weighted by molar-refractivity contribution is 0.0657. The monoisotopic (exact) mass is 406 g/mol. The molecule has 6 nitrogen and oxygen atoms in total. The van der Waals surface area contributed by atoms with Gasteiger partial charge in [-0.15, -0.1) is 0 Å². The maximum Gasteiger partial charge on any atom is 0.226 e. The van der Waals surface area contributed by atoms with E-state index in [2.05, 4.69) is 51.8 Å². The summed E-state index contributed by atoms with van der Waals surface area (Å²) in [5.41, 5.74) is 5.35. The van der Waals surface area contributed by atoms with Crippen LogP contribution < -0.4 is 10.6 Å². The van der Waals surface area contributed by atoms with Gasteiger partial charge in [-0.1, -0.05) is 42.0 Å². The standard InChI is InChI=1S/C24H30N4O2/c1-17(2)29-15-20-9-7-19(8-10-20)13-26-24(25-4)27-14-22-16-30-23(28-22)21-11-5-18(3)6-12-21/h5-12,16-17H,13-15H2,1-4H3,(H2,25,26,27). The second-order valence-corrected chi connectivity index (χ2v) is 7.47. The van der Waals surface area contributed by atoms with Gasteiger partial charge in [0.2, 0.25) is 5.89 Å². The minimum atomic E-state index is 0.235. The van der Waals surface area contributed by atoms with Crippen LogP contribution in [0.5, 0.6) is 0 Å². The van der Waals surface area contributed by atoms with Gasteiger partial charge in [-0.05, 0) is 44.0 Å². The molecule has 3 aromatic rings. The molecule has 0 fully saturated rings. The molecule has 2 aromatic carbocycles. The molecule has 1 aromatic heterocycles. The second kappa shape index (κ2) is 10.6. The zero-order chi connectivity index (χ0) is 21.3. The molecule has 0 saturated carbocycles. The van der Waals surface area contributed by atoms with Crippen molar-refractivity contribution in [2.24, 2.45) is 4.99 Å². The van der Waals surface area contributed by atoms with Crippen LogP contribution >= 0.6 is 0 Å². The van der Waals surface area contributed by atoms with Crippen LogP contribution in [0.25, 0.3) is 11.5 Å². The van der Waals surface area contributed by atoms with Gasteiger partial charge in [0.1, 0.15) is 6.26 Å². The molecule has 0 unspecified atom stereocenters. The fourth-order valence-electron chi connectivity index (χ4n) is 2.81. The largest absolute Gasteiger partial charge is 0.444 e. The number of guanidine groups is 1. The van der Waals surface area contributed by atoms with Crippen molar-refractivity contribution >= 4 is 5.96 Å². The van der Waals surface area contributed by atoms with Gasteiger partial charge in [-0.25, -0.2) is 4.98 Å². The Bertz CT molecular complexity index is 944. The highest BCUT2D eigenvalue weighted by atomic mass is 16.5. The number of hydrogen-bond donors (Lipinski definition) is 2. The third-order valence-corrected chi connectivity index (χ3v) is 4.58. The minimum absolute atomic E-state index is 0.235. The molecule has 0 aliphatic rings. The predicted molar refractivity (Wildman–Crippen MR) is 120 cm³/mol. The molecule has 0 atom stereocenters. The molecule has 0 spiro atoms. The van der Waals surface area contributed by atoms with Crippen molar-refractivity contribution in [1.29, 1.82) is 0 Å². The van der Waals surface area contributed by atoms with E-state index >= 15 is 0 Å². The Morgan fingerprint density at radius 2 is 1.67 bits per heavy atom. The van der Waals surface area contributed by atoms with Crippen LogP contribution in [0.15, 0.2) is 64.2 Å². The van der Waals surface area contributed by atoms with Gasteiger partial charge in [0.25, 0.3) is 0 Å². The molecule has 3 rings (SSSR count). The number of oxazole rings is 1. The van der Waals surface area contributed by atoms with Crippen LogP contribution in [0, 0.1) is 6.92 Å². The van der Waals surface area contributed by atoms with Crippen molar-refractivity contribution in [2.45, 2.75) is 46.6 Å². The van der Waals surface area contributed by atoms with Crippen molar-refractivity contribution in [2.75, 3.05) is 7.05 Å². The lowest BCUT2D eigenvalue weighted by atomic mass is 10.1. The summed E-state index contributed by atoms with van der Waals surface area (Å²) < 4.78 is 11.2. The van der Waals surface area contributed by atoms with Crippen LogP contribution in [0.3, 0.4) is 0 Å². The third-order valence-electron chi connectivity index (χ3n) is 4.58. The Morgan fingerprint density at radius 1 is 1.00 bits per heavy atom. The lowest BCUT2D eigenvalue weighted by Crippen LogP contribution is -2.36. The molecule has 30 heavy (non-hydrogen) atoms. The van der Waals surface area contributed by atoms with Crippen molar-refractivity contribution in [3.63, 3.8) is 0 Å². The number of rotatable bonds is 8. The smallest absolute Gasteiger partial charge is 0.226 e. The number of nitrogens with zero attached hydrogens (tertiary/aromatic N) is 2. The fourth-order valence-corrected chi connectivity index (χ4v) is 2.81. The molecule has 0 saturated heterocycles. The summed E-state index contributed by atoms with van der Waals surface area (Å²) in [6, 6.07) is 16.5. The van der Waals surface area contributed by atoms with E-state index in [4.69, 9.17) is 9.15 Å². The molecule has 0 bridgehead atoms. The van der Waals surface area contributed by atoms with E-state index in [0.717, 1.165) is 11.3 Å². The Morgan fingerprint density at radius 3 is 2.33 bits per heavy atom. The zero-order valence-corrected chi connectivity index (χ0v) is 18.1. The number of ether oxygens (including phenoxy) is 1. The van der Waals surface area contributed by atoms with Gasteiger partial charge in [-0.2, -0.15) is 0 Å². The Kier molecular flexibility index (Phi) is 7.63. The van der Waals surface area contributed by atoms with Gasteiger partial charge in [-0.3, -0.25) is 4.99 Å². The molecule has 6 heteroatoms. The molecular formula is C24H30N4O2. The molecule has 0 aliphatic carbocycles. The van der Waals surface area contributed by atoms with Gasteiger partial charge >= 0.3 is 0 Å². The van der Waals surface area contributed by atoms with Crippen LogP contribution in [-0.2, 0) is 24.4 Å². The second-order valence-electron chi connectivity index (χ2n) is 7.47. The molecule has 0 aliphatic heterocycles. The van der Waals surface area contributed by atoms with E-state index in [1.807, 2.05) is 38.1 Å². The highest BCUT2D eigenvalue weighted by molar-refractivity contribution is 5.79. The molecule has 158 valence electrons. The number of hydrogen-bond acceptors (Lipinski definition) is 4. The predicted octanol–water partition coefficient (Wildman–Crippen LogP) is 4.44. The van der Waals surface area contributed by atoms with E-state index in [1.165, 1.54) is 16.7 Å². The maximum atomic E-state index is 5.63. The van der Waals surface area contributed by atoms with E-state index in [1.54, 1.807) is 13.3 Å². The molecule has 2 N–H and O–H groups in total. The van der Waals surface area contributed by atoms with E-state index in [9.17, 15) is 0 Å². The normalized spacial score (nSPS) is 11.7. The van der Waals surface area contributed by atoms with E-state index in [-0.39, 0.29) is 6.10 Å². The summed E-state index contributed by atoms with van der Waals surface area (Å²) in [4.78, 5) is 8.83. The third kappa shape index (κ3) is 6.46. The highest BCUT2D eigenvalue weighted by Gasteiger charge is 2.07. The van der Waals surface area contributed by atoms with Crippen LogP contribution in [0.1, 0.15) is 36.2 Å². The quantitative estimate of drug-likeness (QED) is 0.427. The van der Waals surface area contributed by atoms with Crippen LogP contribution in [0.4, 0.5) is 0 Å².